The number of aryl methyl sites for hydroxylation is 1. The SMILES string of the molecule is COc1ccc(NC(=O)[C@H](C)OC(=O)Cc2coc3cc(C)ccc23)cc1. The molecular weight excluding hydrogens is 346 g/mol. The largest absolute Gasteiger partial charge is 0.497 e. The van der Waals surface area contributed by atoms with Gasteiger partial charge in [-0.05, 0) is 49.7 Å². The Hall–Kier alpha value is -3.28. The fraction of sp³-hybridized carbons (Fsp3) is 0.238. The van der Waals surface area contributed by atoms with E-state index < -0.39 is 18.0 Å². The molecule has 0 aliphatic heterocycles. The highest BCUT2D eigenvalue weighted by atomic mass is 16.5. The molecule has 2 aromatic carbocycles. The van der Waals surface area contributed by atoms with Crippen LogP contribution in [0.3, 0.4) is 0 Å². The van der Waals surface area contributed by atoms with Crippen molar-refractivity contribution in [1.82, 2.24) is 0 Å². The molecule has 3 aromatic rings. The van der Waals surface area contributed by atoms with Crippen LogP contribution in [0.2, 0.25) is 0 Å². The Morgan fingerprint density at radius 1 is 1.15 bits per heavy atom. The number of amides is 1. The maximum absolute atomic E-state index is 12.2. The molecule has 6 nitrogen and oxygen atoms in total. The summed E-state index contributed by atoms with van der Waals surface area (Å²) in [6, 6.07) is 12.7. The molecule has 6 heteroatoms. The predicted molar refractivity (Wildman–Crippen MR) is 102 cm³/mol. The first-order chi connectivity index (χ1) is 13.0. The minimum absolute atomic E-state index is 0.0379. The highest BCUT2D eigenvalue weighted by Gasteiger charge is 2.19. The normalized spacial score (nSPS) is 11.8. The molecule has 3 rings (SSSR count). The Bertz CT molecular complexity index is 958. The first-order valence-electron chi connectivity index (χ1n) is 8.57. The topological polar surface area (TPSA) is 77.8 Å². The Morgan fingerprint density at radius 3 is 2.59 bits per heavy atom. The summed E-state index contributed by atoms with van der Waals surface area (Å²) in [5.41, 5.74) is 3.13. The van der Waals surface area contributed by atoms with Gasteiger partial charge in [0.15, 0.2) is 6.10 Å². The van der Waals surface area contributed by atoms with E-state index in [1.54, 1.807) is 37.6 Å². The average Bonchev–Trinajstić information content (AvgIpc) is 3.03. The molecule has 27 heavy (non-hydrogen) atoms. The zero-order valence-corrected chi connectivity index (χ0v) is 15.4. The molecule has 0 fully saturated rings. The van der Waals surface area contributed by atoms with Crippen LogP contribution in [0.15, 0.2) is 53.1 Å². The van der Waals surface area contributed by atoms with Gasteiger partial charge >= 0.3 is 5.97 Å². The zero-order valence-electron chi connectivity index (χ0n) is 15.4. The third-order valence-corrected chi connectivity index (χ3v) is 4.18. The molecule has 0 unspecified atom stereocenters. The summed E-state index contributed by atoms with van der Waals surface area (Å²) >= 11 is 0. The monoisotopic (exact) mass is 367 g/mol. The third kappa shape index (κ3) is 4.47. The lowest BCUT2D eigenvalue weighted by Gasteiger charge is -2.13. The van der Waals surface area contributed by atoms with Gasteiger partial charge in [0.25, 0.3) is 5.91 Å². The van der Waals surface area contributed by atoms with Crippen LogP contribution in [0, 0.1) is 6.92 Å². The highest BCUT2D eigenvalue weighted by molar-refractivity contribution is 5.95. The lowest BCUT2D eigenvalue weighted by Crippen LogP contribution is -2.30. The smallest absolute Gasteiger partial charge is 0.311 e. The number of nitrogens with one attached hydrogen (secondary N) is 1. The van der Waals surface area contributed by atoms with Crippen molar-refractivity contribution in [3.63, 3.8) is 0 Å². The fourth-order valence-corrected chi connectivity index (χ4v) is 2.69. The number of benzene rings is 2. The van der Waals surface area contributed by atoms with Gasteiger partial charge in [-0.1, -0.05) is 12.1 Å². The van der Waals surface area contributed by atoms with Crippen LogP contribution in [-0.2, 0) is 20.7 Å². The maximum Gasteiger partial charge on any atom is 0.311 e. The van der Waals surface area contributed by atoms with E-state index in [4.69, 9.17) is 13.9 Å². The van der Waals surface area contributed by atoms with Crippen molar-refractivity contribution >= 4 is 28.5 Å². The van der Waals surface area contributed by atoms with Crippen molar-refractivity contribution in [2.75, 3.05) is 12.4 Å². The lowest BCUT2D eigenvalue weighted by molar-refractivity contribution is -0.152. The van der Waals surface area contributed by atoms with Gasteiger partial charge in [-0.2, -0.15) is 0 Å². The number of hydrogen-bond donors (Lipinski definition) is 1. The molecule has 1 atom stereocenters. The van der Waals surface area contributed by atoms with Gasteiger partial charge in [-0.15, -0.1) is 0 Å². The van der Waals surface area contributed by atoms with Crippen LogP contribution in [0.1, 0.15) is 18.1 Å². The van der Waals surface area contributed by atoms with E-state index in [0.29, 0.717) is 11.4 Å². The van der Waals surface area contributed by atoms with Crippen molar-refractivity contribution in [2.45, 2.75) is 26.4 Å². The van der Waals surface area contributed by atoms with E-state index in [1.807, 2.05) is 25.1 Å². The highest BCUT2D eigenvalue weighted by Crippen LogP contribution is 2.23. The minimum Gasteiger partial charge on any atom is -0.497 e. The van der Waals surface area contributed by atoms with Crippen LogP contribution in [-0.4, -0.2) is 25.1 Å². The van der Waals surface area contributed by atoms with E-state index in [1.165, 1.54) is 6.92 Å². The average molecular weight is 367 g/mol. The first-order valence-corrected chi connectivity index (χ1v) is 8.57. The number of esters is 1. The van der Waals surface area contributed by atoms with Gasteiger partial charge in [0.2, 0.25) is 0 Å². The van der Waals surface area contributed by atoms with Gasteiger partial charge in [0.05, 0.1) is 19.8 Å². The molecule has 0 spiro atoms. The van der Waals surface area contributed by atoms with Crippen molar-refractivity contribution < 1.29 is 23.5 Å². The number of rotatable bonds is 6. The number of carbonyl (C=O) groups excluding carboxylic acids is 2. The first kappa shape index (κ1) is 18.5. The van der Waals surface area contributed by atoms with Crippen molar-refractivity contribution in [2.24, 2.45) is 0 Å². The molecule has 0 saturated heterocycles. The molecule has 0 bridgehead atoms. The van der Waals surface area contributed by atoms with Crippen molar-refractivity contribution in [1.29, 1.82) is 0 Å². The summed E-state index contributed by atoms with van der Waals surface area (Å²) in [5.74, 6) is -0.202. The van der Waals surface area contributed by atoms with E-state index in [9.17, 15) is 9.59 Å². The van der Waals surface area contributed by atoms with E-state index >= 15 is 0 Å². The molecular formula is C21H21NO5. The number of anilines is 1. The second kappa shape index (κ2) is 7.95. The summed E-state index contributed by atoms with van der Waals surface area (Å²) in [7, 11) is 1.57. The fourth-order valence-electron chi connectivity index (χ4n) is 2.69. The molecule has 140 valence electrons. The molecule has 1 aromatic heterocycles. The van der Waals surface area contributed by atoms with Crippen LogP contribution >= 0.6 is 0 Å². The summed E-state index contributed by atoms with van der Waals surface area (Å²) in [6.07, 6.45) is 0.670. The van der Waals surface area contributed by atoms with Crippen molar-refractivity contribution in [3.05, 3.63) is 59.9 Å². The van der Waals surface area contributed by atoms with Crippen LogP contribution in [0.4, 0.5) is 5.69 Å². The standard InChI is InChI=1S/C21H21NO5/c1-13-4-9-18-15(12-26-19(18)10-13)11-20(23)27-14(2)21(24)22-16-5-7-17(25-3)8-6-16/h4-10,12,14H,11H2,1-3H3,(H,22,24)/t14-/m0/s1. The number of carbonyl (C=O) groups is 2. The molecule has 0 aliphatic carbocycles. The Kier molecular flexibility index (Phi) is 5.45. The molecule has 1 heterocycles. The summed E-state index contributed by atoms with van der Waals surface area (Å²) < 4.78 is 15.8. The van der Waals surface area contributed by atoms with Crippen LogP contribution < -0.4 is 10.1 Å². The summed E-state index contributed by atoms with van der Waals surface area (Å²) in [5, 5.41) is 3.57. The predicted octanol–water partition coefficient (Wildman–Crippen LogP) is 3.86. The number of methoxy groups -OCH3 is 1. The summed E-state index contributed by atoms with van der Waals surface area (Å²) in [6.45, 7) is 3.51. The number of furan rings is 1. The number of hydrogen-bond acceptors (Lipinski definition) is 5. The van der Waals surface area contributed by atoms with E-state index in [0.717, 1.165) is 22.1 Å². The molecule has 1 amide bonds. The Labute approximate surface area is 157 Å². The van der Waals surface area contributed by atoms with Crippen molar-refractivity contribution in [3.8, 4) is 5.75 Å². The molecule has 0 aliphatic rings. The Morgan fingerprint density at radius 2 is 1.89 bits per heavy atom. The van der Waals surface area contributed by atoms with E-state index in [2.05, 4.69) is 5.32 Å². The third-order valence-electron chi connectivity index (χ3n) is 4.18. The minimum atomic E-state index is -0.917. The van der Waals surface area contributed by atoms with Gasteiger partial charge in [-0.25, -0.2) is 0 Å². The molecule has 0 radical (unpaired) electrons. The molecule has 1 N–H and O–H groups in total. The number of fused-ring (bicyclic) bond motifs is 1. The summed E-state index contributed by atoms with van der Waals surface area (Å²) in [4.78, 5) is 24.4. The molecule has 0 saturated carbocycles. The van der Waals surface area contributed by atoms with Gasteiger partial charge in [-0.3, -0.25) is 9.59 Å². The number of ether oxygens (including phenoxy) is 2. The second-order valence-electron chi connectivity index (χ2n) is 6.29. The lowest BCUT2D eigenvalue weighted by atomic mass is 10.1. The van der Waals surface area contributed by atoms with Gasteiger partial charge < -0.3 is 19.2 Å². The Balaban J connectivity index is 1.58. The quantitative estimate of drug-likeness (QED) is 0.669. The second-order valence-corrected chi connectivity index (χ2v) is 6.29. The maximum atomic E-state index is 12.2. The zero-order chi connectivity index (χ0) is 19.4. The van der Waals surface area contributed by atoms with E-state index in [-0.39, 0.29) is 6.42 Å². The van der Waals surface area contributed by atoms with Gasteiger partial charge in [0.1, 0.15) is 11.3 Å². The van der Waals surface area contributed by atoms with Crippen LogP contribution in [0.25, 0.3) is 11.0 Å². The van der Waals surface area contributed by atoms with Gasteiger partial charge in [0, 0.05) is 16.6 Å². The van der Waals surface area contributed by atoms with Crippen LogP contribution in [0.5, 0.6) is 5.75 Å².